The molecule has 1 atom stereocenters. The van der Waals surface area contributed by atoms with Crippen molar-refractivity contribution in [3.63, 3.8) is 0 Å². The zero-order chi connectivity index (χ0) is 19.7. The smallest absolute Gasteiger partial charge is 0.265 e. The van der Waals surface area contributed by atoms with Gasteiger partial charge in [-0.1, -0.05) is 0 Å². The first-order valence-corrected chi connectivity index (χ1v) is 9.31. The van der Waals surface area contributed by atoms with Crippen LogP contribution in [0.15, 0.2) is 36.4 Å². The number of ether oxygens (including phenoxy) is 1. The number of nitrogens with one attached hydrogen (secondary N) is 1. The summed E-state index contributed by atoms with van der Waals surface area (Å²) in [6, 6.07) is 13.0. The highest BCUT2D eigenvalue weighted by Gasteiger charge is 2.27. The Morgan fingerprint density at radius 2 is 1.93 bits per heavy atom. The van der Waals surface area contributed by atoms with Crippen molar-refractivity contribution in [3.05, 3.63) is 53.3 Å². The molecule has 1 unspecified atom stereocenters. The summed E-state index contributed by atoms with van der Waals surface area (Å²) in [7, 11) is 0. The van der Waals surface area contributed by atoms with Gasteiger partial charge in [0.2, 0.25) is 0 Å². The topological polar surface area (TPSA) is 68.6 Å². The normalized spacial score (nSPS) is 19.4. The van der Waals surface area contributed by atoms with Gasteiger partial charge in [-0.2, -0.15) is 5.26 Å². The molecule has 28 heavy (non-hydrogen) atoms. The van der Waals surface area contributed by atoms with Crippen LogP contribution in [0.4, 0.5) is 15.8 Å². The van der Waals surface area contributed by atoms with Crippen LogP contribution in [0.5, 0.6) is 5.75 Å². The van der Waals surface area contributed by atoms with Crippen molar-refractivity contribution >= 4 is 17.3 Å². The predicted octanol–water partition coefficient (Wildman–Crippen LogP) is 2.74. The molecule has 6 nitrogen and oxygen atoms in total. The largest absolute Gasteiger partial charge is 0.476 e. The quantitative estimate of drug-likeness (QED) is 0.887. The zero-order valence-corrected chi connectivity index (χ0v) is 15.6. The summed E-state index contributed by atoms with van der Waals surface area (Å²) in [5.74, 6) is -0.600. The fourth-order valence-corrected chi connectivity index (χ4v) is 3.59. The third kappa shape index (κ3) is 3.64. The van der Waals surface area contributed by atoms with Crippen molar-refractivity contribution < 1.29 is 13.9 Å². The van der Waals surface area contributed by atoms with Gasteiger partial charge in [-0.3, -0.25) is 9.69 Å². The Kier molecular flexibility index (Phi) is 4.88. The fourth-order valence-electron chi connectivity index (χ4n) is 3.59. The van der Waals surface area contributed by atoms with Crippen LogP contribution in [-0.4, -0.2) is 43.1 Å². The Morgan fingerprint density at radius 3 is 2.61 bits per heavy atom. The van der Waals surface area contributed by atoms with E-state index in [1.165, 1.54) is 6.07 Å². The molecule has 0 radical (unpaired) electrons. The maximum Gasteiger partial charge on any atom is 0.265 e. The second-order valence-corrected chi connectivity index (χ2v) is 7.13. The molecular formula is C21H21FN4O2. The maximum absolute atomic E-state index is 14.4. The lowest BCUT2D eigenvalue weighted by atomic mass is 10.1. The standard InChI is InChI=1S/C21H21FN4O2/c1-14-21(27)24-19-11-16(10-18(22)20(19)28-14)13-25-6-8-26(9-7-25)17-4-2-15(12-23)3-5-17/h2-5,10-11,14H,6-9,13H2,1H3,(H,24,27). The molecule has 0 aromatic heterocycles. The van der Waals surface area contributed by atoms with E-state index >= 15 is 0 Å². The second-order valence-electron chi connectivity index (χ2n) is 7.13. The van der Waals surface area contributed by atoms with E-state index in [0.717, 1.165) is 37.4 Å². The van der Waals surface area contributed by atoms with Crippen LogP contribution in [0.3, 0.4) is 0 Å². The molecule has 1 N–H and O–H groups in total. The van der Waals surface area contributed by atoms with Crippen molar-refractivity contribution in [1.29, 1.82) is 5.26 Å². The van der Waals surface area contributed by atoms with Gasteiger partial charge in [0, 0.05) is 38.4 Å². The fraction of sp³-hybridized carbons (Fsp3) is 0.333. The van der Waals surface area contributed by atoms with E-state index < -0.39 is 11.9 Å². The van der Waals surface area contributed by atoms with Crippen molar-refractivity contribution in [2.75, 3.05) is 36.4 Å². The molecule has 2 aromatic rings. The van der Waals surface area contributed by atoms with Gasteiger partial charge in [0.1, 0.15) is 0 Å². The zero-order valence-electron chi connectivity index (χ0n) is 15.6. The summed E-state index contributed by atoms with van der Waals surface area (Å²) in [5, 5.41) is 11.6. The number of amides is 1. The molecule has 0 bridgehead atoms. The molecular weight excluding hydrogens is 359 g/mol. The van der Waals surface area contributed by atoms with E-state index in [1.54, 1.807) is 13.0 Å². The molecule has 0 aliphatic carbocycles. The monoisotopic (exact) mass is 380 g/mol. The van der Waals surface area contributed by atoms with Crippen molar-refractivity contribution in [1.82, 2.24) is 4.90 Å². The number of fused-ring (bicyclic) bond motifs is 1. The second kappa shape index (κ2) is 7.49. The van der Waals surface area contributed by atoms with Crippen LogP contribution < -0.4 is 15.0 Å². The number of anilines is 2. The van der Waals surface area contributed by atoms with Crippen LogP contribution in [0.1, 0.15) is 18.1 Å². The third-order valence-corrected chi connectivity index (χ3v) is 5.17. The molecule has 2 aliphatic rings. The number of piperazine rings is 1. The van der Waals surface area contributed by atoms with Crippen LogP contribution in [0, 0.1) is 17.1 Å². The molecule has 4 rings (SSSR count). The van der Waals surface area contributed by atoms with E-state index in [9.17, 15) is 9.18 Å². The summed E-state index contributed by atoms with van der Waals surface area (Å²) >= 11 is 0. The van der Waals surface area contributed by atoms with Crippen molar-refractivity contribution in [2.24, 2.45) is 0 Å². The maximum atomic E-state index is 14.4. The van der Waals surface area contributed by atoms with Crippen LogP contribution >= 0.6 is 0 Å². The Morgan fingerprint density at radius 1 is 1.21 bits per heavy atom. The van der Waals surface area contributed by atoms with Crippen LogP contribution in [0.2, 0.25) is 0 Å². The molecule has 2 aliphatic heterocycles. The summed E-state index contributed by atoms with van der Waals surface area (Å²) in [6.45, 7) is 5.61. The first-order chi connectivity index (χ1) is 13.5. The molecule has 1 fully saturated rings. The summed E-state index contributed by atoms with van der Waals surface area (Å²) in [6.07, 6.45) is -0.692. The Balaban J connectivity index is 1.40. The highest BCUT2D eigenvalue weighted by atomic mass is 19.1. The average Bonchev–Trinajstić information content (AvgIpc) is 2.70. The van der Waals surface area contributed by atoms with Gasteiger partial charge in [-0.05, 0) is 48.9 Å². The van der Waals surface area contributed by atoms with Gasteiger partial charge in [0.15, 0.2) is 17.7 Å². The van der Waals surface area contributed by atoms with Crippen molar-refractivity contribution in [3.8, 4) is 11.8 Å². The predicted molar refractivity (Wildman–Crippen MR) is 104 cm³/mol. The molecule has 2 aromatic carbocycles. The van der Waals surface area contributed by atoms with E-state index in [2.05, 4.69) is 21.2 Å². The summed E-state index contributed by atoms with van der Waals surface area (Å²) in [5.41, 5.74) is 2.96. The Labute approximate surface area is 163 Å². The lowest BCUT2D eigenvalue weighted by Gasteiger charge is -2.36. The van der Waals surface area contributed by atoms with Crippen molar-refractivity contribution in [2.45, 2.75) is 19.6 Å². The summed E-state index contributed by atoms with van der Waals surface area (Å²) in [4.78, 5) is 16.3. The van der Waals surface area contributed by atoms with Crippen LogP contribution in [-0.2, 0) is 11.3 Å². The van der Waals surface area contributed by atoms with E-state index in [-0.39, 0.29) is 11.7 Å². The highest BCUT2D eigenvalue weighted by molar-refractivity contribution is 5.97. The van der Waals surface area contributed by atoms with Gasteiger partial charge in [0.25, 0.3) is 5.91 Å². The highest BCUT2D eigenvalue weighted by Crippen LogP contribution is 2.34. The molecule has 1 amide bonds. The average molecular weight is 380 g/mol. The number of benzene rings is 2. The number of carbonyl (C=O) groups is 1. The number of hydrogen-bond acceptors (Lipinski definition) is 5. The molecule has 1 saturated heterocycles. The number of nitriles is 1. The van der Waals surface area contributed by atoms with Crippen LogP contribution in [0.25, 0.3) is 0 Å². The van der Waals surface area contributed by atoms with Gasteiger partial charge in [-0.25, -0.2) is 4.39 Å². The molecule has 0 saturated carbocycles. The minimum Gasteiger partial charge on any atom is -0.476 e. The first kappa shape index (κ1) is 18.3. The molecule has 7 heteroatoms. The molecule has 0 spiro atoms. The number of nitrogens with zero attached hydrogens (tertiary/aromatic N) is 3. The van der Waals surface area contributed by atoms with Gasteiger partial charge < -0.3 is 15.0 Å². The van der Waals surface area contributed by atoms with Gasteiger partial charge in [0.05, 0.1) is 17.3 Å². The van der Waals surface area contributed by atoms with Gasteiger partial charge in [-0.15, -0.1) is 0 Å². The number of rotatable bonds is 3. The molecule has 144 valence electrons. The minimum absolute atomic E-state index is 0.112. The Bertz CT molecular complexity index is 931. The van der Waals surface area contributed by atoms with Gasteiger partial charge >= 0.3 is 0 Å². The molecule has 2 heterocycles. The summed E-state index contributed by atoms with van der Waals surface area (Å²) < 4.78 is 19.8. The lowest BCUT2D eigenvalue weighted by Crippen LogP contribution is -2.46. The number of hydrogen-bond donors (Lipinski definition) is 1. The third-order valence-electron chi connectivity index (χ3n) is 5.17. The SMILES string of the molecule is CC1Oc2c(F)cc(CN3CCN(c4ccc(C#N)cc4)CC3)cc2NC1=O. The first-order valence-electron chi connectivity index (χ1n) is 9.31. The number of carbonyl (C=O) groups excluding carboxylic acids is 1. The lowest BCUT2D eigenvalue weighted by molar-refractivity contribution is -0.122. The number of halogens is 1. The van der Waals surface area contributed by atoms with E-state index in [1.807, 2.05) is 24.3 Å². The Hall–Kier alpha value is -3.11. The van der Waals surface area contributed by atoms with E-state index in [0.29, 0.717) is 17.8 Å². The minimum atomic E-state index is -0.692. The van der Waals surface area contributed by atoms with E-state index in [4.69, 9.17) is 10.00 Å².